The van der Waals surface area contributed by atoms with Gasteiger partial charge in [0, 0.05) is 5.30 Å². The topological polar surface area (TPSA) is 76.1 Å². The minimum absolute atomic E-state index is 0.921. The van der Waals surface area contributed by atoms with Gasteiger partial charge in [-0.1, -0.05) is 42.1 Å². The van der Waals surface area contributed by atoms with Gasteiger partial charge >= 0.3 is 0 Å². The molecule has 4 nitrogen and oxygen atoms in total. The van der Waals surface area contributed by atoms with Crippen LogP contribution in [0, 0.1) is 0 Å². The highest BCUT2D eigenvalue weighted by Gasteiger charge is 2.14. The number of hydrogen-bond donors (Lipinski definition) is 4. The Morgan fingerprint density at radius 2 is 1.58 bits per heavy atom. The molecule has 0 unspecified atom stereocenters. The van der Waals surface area contributed by atoms with Crippen molar-refractivity contribution in [1.29, 1.82) is 0 Å². The molecule has 66 valence electrons. The fourth-order valence-electron chi connectivity index (χ4n) is 0.824. The van der Waals surface area contributed by atoms with E-state index in [0.29, 0.717) is 0 Å². The van der Waals surface area contributed by atoms with Gasteiger partial charge in [0.2, 0.25) is 0 Å². The molecule has 0 amide bonds. The van der Waals surface area contributed by atoms with Gasteiger partial charge in [-0.15, -0.1) is 0 Å². The molecular formula is C6H11N4PS. The first-order chi connectivity index (χ1) is 5.73. The van der Waals surface area contributed by atoms with E-state index in [1.165, 1.54) is 0 Å². The van der Waals surface area contributed by atoms with Gasteiger partial charge in [-0.05, 0) is 0 Å². The molecule has 0 aliphatic heterocycles. The number of hydrogen-bond acceptors (Lipinski definition) is 3. The summed E-state index contributed by atoms with van der Waals surface area (Å²) in [5.41, 5.74) is 0. The van der Waals surface area contributed by atoms with Crippen LogP contribution in [0.5, 0.6) is 0 Å². The summed E-state index contributed by atoms with van der Waals surface area (Å²) in [5.74, 6) is 10.6. The zero-order chi connectivity index (χ0) is 9.03. The van der Waals surface area contributed by atoms with Crippen molar-refractivity contribution in [3.05, 3.63) is 30.3 Å². The van der Waals surface area contributed by atoms with Gasteiger partial charge in [0.25, 0.3) is 0 Å². The van der Waals surface area contributed by atoms with Crippen LogP contribution >= 0.6 is 6.34 Å². The van der Waals surface area contributed by atoms with Crippen molar-refractivity contribution in [3.63, 3.8) is 0 Å². The third kappa shape index (κ3) is 1.90. The second-order valence-electron chi connectivity index (χ2n) is 2.20. The Bertz CT molecular complexity index is 281. The molecule has 0 aliphatic rings. The van der Waals surface area contributed by atoms with Crippen LogP contribution in [-0.4, -0.2) is 0 Å². The van der Waals surface area contributed by atoms with E-state index in [-0.39, 0.29) is 0 Å². The highest BCUT2D eigenvalue weighted by atomic mass is 32.4. The first-order valence-electron chi connectivity index (χ1n) is 3.34. The van der Waals surface area contributed by atoms with Gasteiger partial charge in [-0.25, -0.2) is 10.4 Å². The molecular weight excluding hydrogens is 191 g/mol. The SMILES string of the molecule is NNP(=S)(NN)c1ccccc1. The molecule has 0 saturated heterocycles. The average Bonchev–Trinajstić information content (AvgIpc) is 2.18. The third-order valence-corrected chi connectivity index (χ3v) is 4.50. The molecule has 0 fully saturated rings. The first kappa shape index (κ1) is 9.80. The Morgan fingerprint density at radius 3 is 2.00 bits per heavy atom. The fourth-order valence-corrected chi connectivity index (χ4v) is 2.15. The summed E-state index contributed by atoms with van der Waals surface area (Å²) in [4.78, 5) is 0. The van der Waals surface area contributed by atoms with Gasteiger partial charge in [-0.3, -0.25) is 11.7 Å². The van der Waals surface area contributed by atoms with Crippen molar-refractivity contribution < 1.29 is 0 Å². The molecule has 1 rings (SSSR count). The molecule has 0 spiro atoms. The molecule has 0 aromatic heterocycles. The Hall–Kier alpha value is -0.290. The van der Waals surface area contributed by atoms with Crippen LogP contribution < -0.4 is 27.4 Å². The lowest BCUT2D eigenvalue weighted by Crippen LogP contribution is -2.36. The maximum atomic E-state index is 5.30. The van der Waals surface area contributed by atoms with Crippen LogP contribution in [0.15, 0.2) is 30.3 Å². The summed E-state index contributed by atoms with van der Waals surface area (Å²) in [5, 5.41) is 5.99. The lowest BCUT2D eigenvalue weighted by molar-refractivity contribution is 1.01. The van der Waals surface area contributed by atoms with Crippen molar-refractivity contribution in [2.75, 3.05) is 0 Å². The van der Waals surface area contributed by atoms with Gasteiger partial charge in [0.1, 0.15) is 6.34 Å². The van der Waals surface area contributed by atoms with E-state index in [1.54, 1.807) is 0 Å². The van der Waals surface area contributed by atoms with Gasteiger partial charge < -0.3 is 0 Å². The fraction of sp³-hybridized carbons (Fsp3) is 0. The van der Waals surface area contributed by atoms with Crippen LogP contribution in [0.1, 0.15) is 0 Å². The van der Waals surface area contributed by atoms with Crippen LogP contribution in [-0.2, 0) is 11.8 Å². The van der Waals surface area contributed by atoms with E-state index < -0.39 is 6.34 Å². The minimum atomic E-state index is -2.14. The lowest BCUT2D eigenvalue weighted by atomic mass is 10.4. The van der Waals surface area contributed by atoms with Crippen LogP contribution in [0.4, 0.5) is 0 Å². The molecule has 1 aromatic rings. The summed E-state index contributed by atoms with van der Waals surface area (Å²) in [6.45, 7) is 0. The van der Waals surface area contributed by atoms with Crippen molar-refractivity contribution in [1.82, 2.24) is 10.4 Å². The van der Waals surface area contributed by atoms with Gasteiger partial charge in [0.15, 0.2) is 0 Å². The summed E-state index contributed by atoms with van der Waals surface area (Å²) in [6.07, 6.45) is -2.14. The Kier molecular flexibility index (Phi) is 3.34. The molecule has 0 radical (unpaired) electrons. The molecule has 0 aliphatic carbocycles. The highest BCUT2D eigenvalue weighted by molar-refractivity contribution is 8.16. The van der Waals surface area contributed by atoms with Crippen molar-refractivity contribution in [2.24, 2.45) is 11.7 Å². The molecule has 6 heteroatoms. The number of nitrogens with one attached hydrogen (secondary N) is 2. The van der Waals surface area contributed by atoms with E-state index >= 15 is 0 Å². The van der Waals surface area contributed by atoms with Gasteiger partial charge in [-0.2, -0.15) is 0 Å². The van der Waals surface area contributed by atoms with Crippen molar-refractivity contribution >= 4 is 23.5 Å². The monoisotopic (exact) mass is 202 g/mol. The van der Waals surface area contributed by atoms with E-state index in [4.69, 9.17) is 23.5 Å². The highest BCUT2D eigenvalue weighted by Crippen LogP contribution is 2.31. The Labute approximate surface area is 76.4 Å². The normalized spacial score (nSPS) is 11.5. The predicted octanol–water partition coefficient (Wildman–Crippen LogP) is -0.452. The smallest absolute Gasteiger partial charge is 0.127 e. The second kappa shape index (κ2) is 4.09. The molecule has 1 aromatic carbocycles. The summed E-state index contributed by atoms with van der Waals surface area (Å²) in [7, 11) is 0. The van der Waals surface area contributed by atoms with Crippen molar-refractivity contribution in [2.45, 2.75) is 0 Å². The van der Waals surface area contributed by atoms with Crippen molar-refractivity contribution in [3.8, 4) is 0 Å². The van der Waals surface area contributed by atoms with E-state index in [2.05, 4.69) is 10.4 Å². The van der Waals surface area contributed by atoms with Gasteiger partial charge in [0.05, 0.1) is 0 Å². The number of hydrazine groups is 2. The average molecular weight is 202 g/mol. The standard InChI is InChI=1S/C6H11N4PS/c7-9-11(12,10-8)6-4-2-1-3-5-6/h1-5H,7-8H2,(H2,9,10,12). The maximum absolute atomic E-state index is 5.30. The Balaban J connectivity index is 3.04. The quantitative estimate of drug-likeness (QED) is 0.303. The number of rotatable bonds is 3. The molecule has 0 heterocycles. The molecule has 0 saturated carbocycles. The third-order valence-electron chi connectivity index (χ3n) is 1.48. The maximum Gasteiger partial charge on any atom is 0.127 e. The zero-order valence-corrected chi connectivity index (χ0v) is 8.11. The molecule has 0 bridgehead atoms. The lowest BCUT2D eigenvalue weighted by Gasteiger charge is -2.19. The van der Waals surface area contributed by atoms with E-state index in [1.807, 2.05) is 30.3 Å². The summed E-state index contributed by atoms with van der Waals surface area (Å²) >= 11 is 5.21. The van der Waals surface area contributed by atoms with E-state index in [9.17, 15) is 0 Å². The van der Waals surface area contributed by atoms with E-state index in [0.717, 1.165) is 5.30 Å². The molecule has 0 atom stereocenters. The van der Waals surface area contributed by atoms with Crippen LogP contribution in [0.25, 0.3) is 0 Å². The first-order valence-corrected chi connectivity index (χ1v) is 6.14. The minimum Gasteiger partial charge on any atom is -0.266 e. The molecule has 6 N–H and O–H groups in total. The zero-order valence-electron chi connectivity index (χ0n) is 6.40. The molecule has 12 heavy (non-hydrogen) atoms. The predicted molar refractivity (Wildman–Crippen MR) is 55.0 cm³/mol. The summed E-state index contributed by atoms with van der Waals surface area (Å²) < 4.78 is 0. The second-order valence-corrected chi connectivity index (χ2v) is 6.10. The number of benzene rings is 1. The number of nitrogens with two attached hydrogens (primary N) is 2. The van der Waals surface area contributed by atoms with Crippen LogP contribution in [0.3, 0.4) is 0 Å². The Morgan fingerprint density at radius 1 is 1.08 bits per heavy atom. The summed E-state index contributed by atoms with van der Waals surface area (Å²) in [6, 6.07) is 9.48. The van der Waals surface area contributed by atoms with Crippen LogP contribution in [0.2, 0.25) is 0 Å². The largest absolute Gasteiger partial charge is 0.266 e.